The fourth-order valence-electron chi connectivity index (χ4n) is 1.25. The Labute approximate surface area is 82.4 Å². The average molecular weight is 195 g/mol. The third kappa shape index (κ3) is 2.17. The van der Waals surface area contributed by atoms with Crippen LogP contribution in [0.15, 0.2) is 29.2 Å². The van der Waals surface area contributed by atoms with Crippen LogP contribution in [0.5, 0.6) is 5.75 Å². The number of benzene rings is 1. The highest BCUT2D eigenvalue weighted by Crippen LogP contribution is 2.29. The molecule has 13 heavy (non-hydrogen) atoms. The van der Waals surface area contributed by atoms with Gasteiger partial charge in [0.2, 0.25) is 0 Å². The zero-order chi connectivity index (χ0) is 9.10. The number of hydrogen-bond acceptors (Lipinski definition) is 3. The highest BCUT2D eigenvalue weighted by Gasteiger charge is 2.16. The van der Waals surface area contributed by atoms with E-state index in [-0.39, 0.29) is 0 Å². The second kappa shape index (κ2) is 4.03. The van der Waals surface area contributed by atoms with E-state index in [0.29, 0.717) is 5.75 Å². The van der Waals surface area contributed by atoms with Crippen LogP contribution in [0.25, 0.3) is 0 Å². The van der Waals surface area contributed by atoms with Gasteiger partial charge in [0.15, 0.2) is 0 Å². The van der Waals surface area contributed by atoms with E-state index in [1.165, 1.54) is 0 Å². The summed E-state index contributed by atoms with van der Waals surface area (Å²) in [5, 5.41) is 12.7. The molecule has 1 aliphatic rings. The molecule has 0 atom stereocenters. The van der Waals surface area contributed by atoms with Gasteiger partial charge in [-0.1, -0.05) is 12.1 Å². The number of aromatic hydroxyl groups is 1. The number of nitrogens with one attached hydrogen (secondary N) is 1. The average Bonchev–Trinajstić information content (AvgIpc) is 2.05. The van der Waals surface area contributed by atoms with E-state index in [0.717, 1.165) is 29.7 Å². The summed E-state index contributed by atoms with van der Waals surface area (Å²) in [6, 6.07) is 7.51. The smallest absolute Gasteiger partial charge is 0.129 e. The molecule has 0 aromatic heterocycles. The van der Waals surface area contributed by atoms with Crippen molar-refractivity contribution in [2.75, 3.05) is 18.8 Å². The third-order valence-electron chi connectivity index (χ3n) is 2.21. The normalized spacial score (nSPS) is 16.9. The van der Waals surface area contributed by atoms with E-state index in [1.54, 1.807) is 17.8 Å². The van der Waals surface area contributed by atoms with Crippen molar-refractivity contribution in [3.63, 3.8) is 0 Å². The second-order valence-electron chi connectivity index (χ2n) is 3.30. The van der Waals surface area contributed by atoms with E-state index in [4.69, 9.17) is 0 Å². The Hall–Kier alpha value is -0.670. The molecule has 0 unspecified atom stereocenters. The minimum absolute atomic E-state index is 0.403. The van der Waals surface area contributed by atoms with Crippen LogP contribution in [-0.2, 0) is 0 Å². The maximum atomic E-state index is 9.48. The van der Waals surface area contributed by atoms with Crippen LogP contribution in [-0.4, -0.2) is 23.9 Å². The van der Waals surface area contributed by atoms with E-state index >= 15 is 0 Å². The molecule has 1 aromatic carbocycles. The second-order valence-corrected chi connectivity index (χ2v) is 4.36. The monoisotopic (exact) mass is 195 g/mol. The lowest BCUT2D eigenvalue weighted by Gasteiger charge is -2.26. The summed E-state index contributed by atoms with van der Waals surface area (Å²) in [6.07, 6.45) is 0. The molecule has 0 radical (unpaired) electrons. The summed E-state index contributed by atoms with van der Waals surface area (Å²) < 4.78 is 0. The number of phenolic OH excluding ortho intramolecular Hbond substituents is 1. The van der Waals surface area contributed by atoms with Gasteiger partial charge in [-0.3, -0.25) is 0 Å². The Balaban J connectivity index is 1.89. The summed E-state index contributed by atoms with van der Waals surface area (Å²) in [4.78, 5) is 0.995. The molecule has 1 aromatic rings. The van der Waals surface area contributed by atoms with Crippen LogP contribution in [0, 0.1) is 5.92 Å². The molecule has 3 heteroatoms. The van der Waals surface area contributed by atoms with Gasteiger partial charge in [0.05, 0.1) is 0 Å². The summed E-state index contributed by atoms with van der Waals surface area (Å²) >= 11 is 1.74. The first-order chi connectivity index (χ1) is 6.36. The molecule has 2 nitrogen and oxygen atoms in total. The highest BCUT2D eigenvalue weighted by molar-refractivity contribution is 7.99. The number of thioether (sulfide) groups is 1. The predicted octanol–water partition coefficient (Wildman–Crippen LogP) is 1.70. The number of para-hydroxylation sites is 1. The van der Waals surface area contributed by atoms with Gasteiger partial charge in [-0.25, -0.2) is 0 Å². The van der Waals surface area contributed by atoms with Crippen LogP contribution in [0.3, 0.4) is 0 Å². The van der Waals surface area contributed by atoms with Crippen molar-refractivity contribution in [3.8, 4) is 5.75 Å². The van der Waals surface area contributed by atoms with E-state index in [1.807, 2.05) is 18.2 Å². The molecule has 1 heterocycles. The first kappa shape index (κ1) is 8.91. The number of hydrogen-bond donors (Lipinski definition) is 2. The fraction of sp³-hybridized carbons (Fsp3) is 0.400. The Morgan fingerprint density at radius 1 is 1.38 bits per heavy atom. The minimum Gasteiger partial charge on any atom is -0.507 e. The molecule has 0 saturated carbocycles. The molecule has 0 bridgehead atoms. The van der Waals surface area contributed by atoms with Crippen molar-refractivity contribution >= 4 is 11.8 Å². The predicted molar refractivity (Wildman–Crippen MR) is 55.2 cm³/mol. The molecule has 0 spiro atoms. The van der Waals surface area contributed by atoms with Crippen molar-refractivity contribution in [2.45, 2.75) is 4.90 Å². The van der Waals surface area contributed by atoms with Crippen LogP contribution >= 0.6 is 11.8 Å². The summed E-state index contributed by atoms with van der Waals surface area (Å²) in [6.45, 7) is 2.25. The Morgan fingerprint density at radius 3 is 2.77 bits per heavy atom. The summed E-state index contributed by atoms with van der Waals surface area (Å²) in [5.41, 5.74) is 0. The van der Waals surface area contributed by atoms with Crippen molar-refractivity contribution in [1.82, 2.24) is 5.32 Å². The maximum absolute atomic E-state index is 9.48. The van der Waals surface area contributed by atoms with Crippen LogP contribution in [0.2, 0.25) is 0 Å². The molecule has 1 aliphatic heterocycles. The van der Waals surface area contributed by atoms with Crippen molar-refractivity contribution in [1.29, 1.82) is 0 Å². The molecule has 1 fully saturated rings. The van der Waals surface area contributed by atoms with Gasteiger partial charge in [-0.15, -0.1) is 11.8 Å². The molecular weight excluding hydrogens is 182 g/mol. The molecule has 70 valence electrons. The Kier molecular flexibility index (Phi) is 2.76. The van der Waals surface area contributed by atoms with Crippen molar-refractivity contribution < 1.29 is 5.11 Å². The molecule has 0 amide bonds. The van der Waals surface area contributed by atoms with Gasteiger partial charge < -0.3 is 10.4 Å². The SMILES string of the molecule is Oc1ccccc1SCC1CNC1. The minimum atomic E-state index is 0.403. The number of rotatable bonds is 3. The zero-order valence-electron chi connectivity index (χ0n) is 7.36. The summed E-state index contributed by atoms with van der Waals surface area (Å²) in [5.74, 6) is 2.29. The maximum Gasteiger partial charge on any atom is 0.129 e. The van der Waals surface area contributed by atoms with E-state index in [2.05, 4.69) is 5.32 Å². The van der Waals surface area contributed by atoms with Crippen LogP contribution in [0.1, 0.15) is 0 Å². The quantitative estimate of drug-likeness (QED) is 0.720. The van der Waals surface area contributed by atoms with Crippen LogP contribution < -0.4 is 5.32 Å². The van der Waals surface area contributed by atoms with Crippen molar-refractivity contribution in [3.05, 3.63) is 24.3 Å². The third-order valence-corrected chi connectivity index (χ3v) is 3.50. The molecule has 2 rings (SSSR count). The lowest BCUT2D eigenvalue weighted by atomic mass is 10.1. The fourth-order valence-corrected chi connectivity index (χ4v) is 2.29. The van der Waals surface area contributed by atoms with Gasteiger partial charge in [0.1, 0.15) is 5.75 Å². The Bertz CT molecular complexity index is 286. The van der Waals surface area contributed by atoms with Crippen molar-refractivity contribution in [2.24, 2.45) is 5.92 Å². The van der Waals surface area contributed by atoms with Gasteiger partial charge >= 0.3 is 0 Å². The molecular formula is C10H13NOS. The molecule has 0 aliphatic carbocycles. The largest absolute Gasteiger partial charge is 0.507 e. The van der Waals surface area contributed by atoms with Gasteiger partial charge in [0, 0.05) is 10.6 Å². The highest BCUT2D eigenvalue weighted by atomic mass is 32.2. The Morgan fingerprint density at radius 2 is 2.15 bits per heavy atom. The van der Waals surface area contributed by atoms with Gasteiger partial charge in [-0.2, -0.15) is 0 Å². The zero-order valence-corrected chi connectivity index (χ0v) is 8.18. The van der Waals surface area contributed by atoms with Gasteiger partial charge in [0.25, 0.3) is 0 Å². The topological polar surface area (TPSA) is 32.3 Å². The lowest BCUT2D eigenvalue weighted by molar-refractivity contribution is 0.385. The summed E-state index contributed by atoms with van der Waals surface area (Å²) in [7, 11) is 0. The molecule has 2 N–H and O–H groups in total. The van der Waals surface area contributed by atoms with Crippen LogP contribution in [0.4, 0.5) is 0 Å². The van der Waals surface area contributed by atoms with E-state index in [9.17, 15) is 5.11 Å². The standard InChI is InChI=1S/C10H13NOS/c12-9-3-1-2-4-10(9)13-7-8-5-11-6-8/h1-4,8,11-12H,5-7H2. The van der Waals surface area contributed by atoms with Gasteiger partial charge in [-0.05, 0) is 31.1 Å². The first-order valence-corrected chi connectivity index (χ1v) is 5.46. The molecule has 1 saturated heterocycles. The van der Waals surface area contributed by atoms with E-state index < -0.39 is 0 Å². The lowest BCUT2D eigenvalue weighted by Crippen LogP contribution is -2.43. The number of phenols is 1. The first-order valence-electron chi connectivity index (χ1n) is 4.48.